The summed E-state index contributed by atoms with van der Waals surface area (Å²) in [6.45, 7) is 4.65. The standard InChI is InChI=1S/C9H22S/c1-6-7-9(2)8-10(3,4)5/h9H,6-8H2,1-5H3. The molecule has 0 aromatic rings. The van der Waals surface area contributed by atoms with Crippen LogP contribution < -0.4 is 0 Å². The van der Waals surface area contributed by atoms with Gasteiger partial charge in [0.2, 0.25) is 0 Å². The van der Waals surface area contributed by atoms with Crippen molar-refractivity contribution in [3.63, 3.8) is 0 Å². The topological polar surface area (TPSA) is 0 Å². The molecule has 0 heterocycles. The van der Waals surface area contributed by atoms with Crippen LogP contribution in [0.5, 0.6) is 0 Å². The molecule has 1 heteroatoms. The summed E-state index contributed by atoms with van der Waals surface area (Å²) in [5.74, 6) is 2.39. The molecule has 1 atom stereocenters. The van der Waals surface area contributed by atoms with Crippen LogP contribution in [0.25, 0.3) is 0 Å². The molecular weight excluding hydrogens is 140 g/mol. The van der Waals surface area contributed by atoms with Crippen molar-refractivity contribution in [2.45, 2.75) is 26.7 Å². The zero-order chi connectivity index (χ0) is 8.20. The summed E-state index contributed by atoms with van der Waals surface area (Å²) in [6.07, 6.45) is 9.96. The summed E-state index contributed by atoms with van der Waals surface area (Å²) in [6, 6.07) is 0. The van der Waals surface area contributed by atoms with Crippen LogP contribution >= 0.6 is 10.0 Å². The molecule has 0 aromatic heterocycles. The van der Waals surface area contributed by atoms with Gasteiger partial charge < -0.3 is 0 Å². The van der Waals surface area contributed by atoms with Crippen molar-refractivity contribution >= 4 is 10.0 Å². The highest BCUT2D eigenvalue weighted by atomic mass is 32.3. The van der Waals surface area contributed by atoms with Crippen LogP contribution in [0.3, 0.4) is 0 Å². The highest BCUT2D eigenvalue weighted by molar-refractivity contribution is 8.32. The third-order valence-corrected chi connectivity index (χ3v) is 3.14. The normalized spacial score (nSPS) is 16.9. The third-order valence-electron chi connectivity index (χ3n) is 1.57. The fourth-order valence-electron chi connectivity index (χ4n) is 1.43. The lowest BCUT2D eigenvalue weighted by Gasteiger charge is -2.28. The van der Waals surface area contributed by atoms with Gasteiger partial charge in [-0.25, -0.2) is 10.0 Å². The van der Waals surface area contributed by atoms with E-state index in [4.69, 9.17) is 0 Å². The highest BCUT2D eigenvalue weighted by Gasteiger charge is 2.09. The van der Waals surface area contributed by atoms with Crippen LogP contribution in [0.4, 0.5) is 0 Å². The predicted molar refractivity (Wildman–Crippen MR) is 54.3 cm³/mol. The van der Waals surface area contributed by atoms with Crippen LogP contribution in [-0.4, -0.2) is 24.5 Å². The second-order valence-corrected chi connectivity index (χ2v) is 8.67. The van der Waals surface area contributed by atoms with E-state index in [2.05, 4.69) is 32.6 Å². The van der Waals surface area contributed by atoms with Crippen molar-refractivity contribution in [3.05, 3.63) is 0 Å². The lowest BCUT2D eigenvalue weighted by atomic mass is 10.1. The zero-order valence-corrected chi connectivity index (χ0v) is 8.92. The Morgan fingerprint density at radius 2 is 1.70 bits per heavy atom. The molecule has 1 unspecified atom stereocenters. The average Bonchev–Trinajstić information content (AvgIpc) is 1.59. The van der Waals surface area contributed by atoms with E-state index in [-0.39, 0.29) is 10.0 Å². The highest BCUT2D eigenvalue weighted by Crippen LogP contribution is 2.37. The van der Waals surface area contributed by atoms with Gasteiger partial charge in [-0.2, -0.15) is 0 Å². The van der Waals surface area contributed by atoms with Gasteiger partial charge in [0.05, 0.1) is 0 Å². The monoisotopic (exact) mass is 162 g/mol. The fraction of sp³-hybridized carbons (Fsp3) is 1.00. The minimum absolute atomic E-state index is 0.246. The van der Waals surface area contributed by atoms with Gasteiger partial charge in [0.15, 0.2) is 0 Å². The molecule has 0 aliphatic heterocycles. The quantitative estimate of drug-likeness (QED) is 0.596. The van der Waals surface area contributed by atoms with Crippen LogP contribution in [0.15, 0.2) is 0 Å². The summed E-state index contributed by atoms with van der Waals surface area (Å²) in [4.78, 5) is 0. The summed E-state index contributed by atoms with van der Waals surface area (Å²) in [5.41, 5.74) is 0. The molecule has 0 aliphatic rings. The first-order valence-electron chi connectivity index (χ1n) is 4.11. The van der Waals surface area contributed by atoms with E-state index in [9.17, 15) is 0 Å². The molecule has 0 spiro atoms. The summed E-state index contributed by atoms with van der Waals surface area (Å²) < 4.78 is 0. The summed E-state index contributed by atoms with van der Waals surface area (Å²) in [5, 5.41) is 0. The first-order chi connectivity index (χ1) is 4.45. The van der Waals surface area contributed by atoms with Gasteiger partial charge in [0, 0.05) is 0 Å². The fourth-order valence-corrected chi connectivity index (χ4v) is 3.30. The molecule has 0 aliphatic carbocycles. The van der Waals surface area contributed by atoms with E-state index in [1.165, 1.54) is 18.6 Å². The molecule has 0 radical (unpaired) electrons. The Bertz CT molecular complexity index is 81.2. The molecule has 0 saturated carbocycles. The van der Waals surface area contributed by atoms with Crippen molar-refractivity contribution in [2.75, 3.05) is 24.5 Å². The Labute approximate surface area is 67.7 Å². The maximum absolute atomic E-state index is 2.40. The Morgan fingerprint density at radius 3 is 2.00 bits per heavy atom. The van der Waals surface area contributed by atoms with E-state index in [1.807, 2.05) is 0 Å². The molecule has 0 N–H and O–H groups in total. The first kappa shape index (κ1) is 10.3. The minimum atomic E-state index is -0.246. The smallest absolute Gasteiger partial charge is 0.0209 e. The van der Waals surface area contributed by atoms with E-state index in [0.29, 0.717) is 0 Å². The van der Waals surface area contributed by atoms with E-state index in [1.54, 1.807) is 0 Å². The first-order valence-corrected chi connectivity index (χ1v) is 7.14. The Balaban J connectivity index is 3.47. The maximum Gasteiger partial charge on any atom is -0.0209 e. The third kappa shape index (κ3) is 6.47. The Hall–Kier alpha value is 0.350. The second kappa shape index (κ2) is 4.27. The van der Waals surface area contributed by atoms with Crippen molar-refractivity contribution in [2.24, 2.45) is 5.92 Å². The molecule has 0 fully saturated rings. The predicted octanol–water partition coefficient (Wildman–Crippen LogP) is 3.12. The van der Waals surface area contributed by atoms with Gasteiger partial charge in [-0.05, 0) is 30.4 Å². The molecule has 0 saturated heterocycles. The van der Waals surface area contributed by atoms with Gasteiger partial charge in [0.1, 0.15) is 0 Å². The number of hydrogen-bond donors (Lipinski definition) is 0. The molecule has 0 nitrogen and oxygen atoms in total. The molecular formula is C9H22S. The van der Waals surface area contributed by atoms with Gasteiger partial charge in [0.25, 0.3) is 0 Å². The largest absolute Gasteiger partial charge is 0.249 e. The van der Waals surface area contributed by atoms with Crippen molar-refractivity contribution in [1.29, 1.82) is 0 Å². The van der Waals surface area contributed by atoms with Gasteiger partial charge in [-0.3, -0.25) is 0 Å². The van der Waals surface area contributed by atoms with Crippen LogP contribution in [0, 0.1) is 5.92 Å². The average molecular weight is 162 g/mol. The van der Waals surface area contributed by atoms with E-state index in [0.717, 1.165) is 5.92 Å². The molecule has 10 heavy (non-hydrogen) atoms. The van der Waals surface area contributed by atoms with Crippen LogP contribution in [-0.2, 0) is 0 Å². The molecule has 0 bridgehead atoms. The number of hydrogen-bond acceptors (Lipinski definition) is 0. The number of rotatable bonds is 4. The summed E-state index contributed by atoms with van der Waals surface area (Å²) in [7, 11) is -0.246. The molecule has 64 valence electrons. The second-order valence-electron chi connectivity index (χ2n) is 4.15. The van der Waals surface area contributed by atoms with E-state index >= 15 is 0 Å². The van der Waals surface area contributed by atoms with Crippen LogP contribution in [0.2, 0.25) is 0 Å². The van der Waals surface area contributed by atoms with Crippen LogP contribution in [0.1, 0.15) is 26.7 Å². The van der Waals surface area contributed by atoms with Gasteiger partial charge >= 0.3 is 0 Å². The SMILES string of the molecule is CCCC(C)CS(C)(C)C. The van der Waals surface area contributed by atoms with Gasteiger partial charge in [-0.1, -0.05) is 26.7 Å². The molecule has 0 aromatic carbocycles. The Morgan fingerprint density at radius 1 is 1.20 bits per heavy atom. The lowest BCUT2D eigenvalue weighted by Crippen LogP contribution is -2.07. The van der Waals surface area contributed by atoms with Crippen molar-refractivity contribution in [1.82, 2.24) is 0 Å². The lowest BCUT2D eigenvalue weighted by molar-refractivity contribution is 0.583. The zero-order valence-electron chi connectivity index (χ0n) is 8.11. The van der Waals surface area contributed by atoms with Crippen molar-refractivity contribution < 1.29 is 0 Å². The van der Waals surface area contributed by atoms with E-state index < -0.39 is 0 Å². The molecule has 0 rings (SSSR count). The maximum atomic E-state index is 2.40. The van der Waals surface area contributed by atoms with Crippen molar-refractivity contribution in [3.8, 4) is 0 Å². The minimum Gasteiger partial charge on any atom is -0.249 e. The summed E-state index contributed by atoms with van der Waals surface area (Å²) >= 11 is 0. The Kier molecular flexibility index (Phi) is 4.42. The van der Waals surface area contributed by atoms with Gasteiger partial charge in [-0.15, -0.1) is 0 Å². The molecule has 0 amide bonds.